The number of hydrogen-bond acceptors (Lipinski definition) is 3. The van der Waals surface area contributed by atoms with Gasteiger partial charge in [-0.15, -0.1) is 0 Å². The van der Waals surface area contributed by atoms with Crippen molar-refractivity contribution in [2.45, 2.75) is 37.7 Å². The van der Waals surface area contributed by atoms with E-state index in [-0.39, 0.29) is 11.5 Å². The van der Waals surface area contributed by atoms with Crippen molar-refractivity contribution in [3.8, 4) is 0 Å². The molecule has 0 atom stereocenters. The van der Waals surface area contributed by atoms with Gasteiger partial charge in [-0.25, -0.2) is 0 Å². The number of ether oxygens (including phenoxy) is 1. The van der Waals surface area contributed by atoms with Gasteiger partial charge in [-0.2, -0.15) is 0 Å². The van der Waals surface area contributed by atoms with Gasteiger partial charge in [0.1, 0.15) is 0 Å². The van der Waals surface area contributed by atoms with Crippen molar-refractivity contribution in [2.75, 3.05) is 25.5 Å². The highest BCUT2D eigenvalue weighted by Crippen LogP contribution is 2.34. The third-order valence-corrected chi connectivity index (χ3v) is 4.61. The zero-order valence-corrected chi connectivity index (χ0v) is 12.0. The summed E-state index contributed by atoms with van der Waals surface area (Å²) in [5, 5.41) is 6.41. The Hall–Kier alpha value is -1.55. The lowest BCUT2D eigenvalue weighted by atomic mass is 9.80. The molecule has 20 heavy (non-hydrogen) atoms. The minimum atomic E-state index is -0.122. The van der Waals surface area contributed by atoms with E-state index >= 15 is 0 Å². The van der Waals surface area contributed by atoms with E-state index in [9.17, 15) is 4.79 Å². The van der Waals surface area contributed by atoms with Crippen LogP contribution in [0.15, 0.2) is 18.2 Å². The second kappa shape index (κ2) is 5.44. The van der Waals surface area contributed by atoms with Crippen molar-refractivity contribution in [3.63, 3.8) is 0 Å². The van der Waals surface area contributed by atoms with Crippen LogP contribution >= 0.6 is 0 Å². The van der Waals surface area contributed by atoms with E-state index in [4.69, 9.17) is 4.74 Å². The van der Waals surface area contributed by atoms with Crippen molar-refractivity contribution in [3.05, 3.63) is 29.3 Å². The average molecular weight is 274 g/mol. The molecule has 0 unspecified atom stereocenters. The fourth-order valence-corrected chi connectivity index (χ4v) is 3.08. The van der Waals surface area contributed by atoms with Crippen LogP contribution in [-0.2, 0) is 11.2 Å². The van der Waals surface area contributed by atoms with Crippen LogP contribution < -0.4 is 10.6 Å². The first-order valence-corrected chi connectivity index (χ1v) is 7.43. The van der Waals surface area contributed by atoms with E-state index in [1.165, 1.54) is 6.42 Å². The van der Waals surface area contributed by atoms with Crippen molar-refractivity contribution in [2.24, 2.45) is 0 Å². The van der Waals surface area contributed by atoms with Gasteiger partial charge in [0.15, 0.2) is 0 Å². The van der Waals surface area contributed by atoms with E-state index in [0.717, 1.165) is 49.0 Å². The molecule has 2 aliphatic rings. The van der Waals surface area contributed by atoms with E-state index in [0.29, 0.717) is 6.54 Å². The first-order chi connectivity index (χ1) is 9.74. The van der Waals surface area contributed by atoms with E-state index in [1.54, 1.807) is 7.11 Å². The Kier molecular flexibility index (Phi) is 3.66. The number of hydrogen-bond donors (Lipinski definition) is 2. The van der Waals surface area contributed by atoms with Crippen molar-refractivity contribution in [1.82, 2.24) is 5.32 Å². The molecule has 0 saturated heterocycles. The van der Waals surface area contributed by atoms with Gasteiger partial charge >= 0.3 is 0 Å². The number of fused-ring (bicyclic) bond motifs is 1. The standard InChI is InChI=1S/C16H22N2O2/c1-20-16(8-4-9-16)11-18-15(19)13-5-2-7-14-12(13)6-3-10-17-14/h2,5,7,17H,3-4,6,8-11H2,1H3,(H,18,19). The molecule has 0 spiro atoms. The summed E-state index contributed by atoms with van der Waals surface area (Å²) >= 11 is 0. The third-order valence-electron chi connectivity index (χ3n) is 4.61. The maximum atomic E-state index is 12.4. The van der Waals surface area contributed by atoms with Crippen LogP contribution in [0.4, 0.5) is 5.69 Å². The summed E-state index contributed by atoms with van der Waals surface area (Å²) in [7, 11) is 1.74. The van der Waals surface area contributed by atoms with Gasteiger partial charge in [0.05, 0.1) is 5.60 Å². The number of nitrogens with one attached hydrogen (secondary N) is 2. The van der Waals surface area contributed by atoms with Crippen molar-refractivity contribution >= 4 is 11.6 Å². The SMILES string of the molecule is COC1(CNC(=O)c2cccc3c2CCCN3)CCC1. The first-order valence-electron chi connectivity index (χ1n) is 7.43. The molecule has 1 amide bonds. The Morgan fingerprint density at radius 2 is 2.25 bits per heavy atom. The molecular formula is C16H22N2O2. The lowest BCUT2D eigenvalue weighted by Crippen LogP contribution is -2.49. The predicted octanol–water partition coefficient (Wildman–Crippen LogP) is 2.34. The van der Waals surface area contributed by atoms with Crippen molar-refractivity contribution in [1.29, 1.82) is 0 Å². The molecule has 1 fully saturated rings. The van der Waals surface area contributed by atoms with E-state index < -0.39 is 0 Å². The van der Waals surface area contributed by atoms with E-state index in [1.807, 2.05) is 18.2 Å². The number of carbonyl (C=O) groups excluding carboxylic acids is 1. The minimum absolute atomic E-state index is 0.0221. The zero-order chi connectivity index (χ0) is 14.0. The Labute approximate surface area is 119 Å². The van der Waals surface area contributed by atoms with E-state index in [2.05, 4.69) is 10.6 Å². The zero-order valence-electron chi connectivity index (χ0n) is 12.0. The topological polar surface area (TPSA) is 50.4 Å². The quantitative estimate of drug-likeness (QED) is 0.886. The summed E-state index contributed by atoms with van der Waals surface area (Å²) in [5.41, 5.74) is 2.94. The number of amides is 1. The molecule has 1 aliphatic carbocycles. The molecule has 1 aliphatic heterocycles. The van der Waals surface area contributed by atoms with Gasteiger partial charge in [-0.1, -0.05) is 6.07 Å². The summed E-state index contributed by atoms with van der Waals surface area (Å²) in [6.07, 6.45) is 5.32. The summed E-state index contributed by atoms with van der Waals surface area (Å²) in [4.78, 5) is 12.4. The molecule has 2 N–H and O–H groups in total. The minimum Gasteiger partial charge on any atom is -0.385 e. The molecule has 0 radical (unpaired) electrons. The molecular weight excluding hydrogens is 252 g/mol. The van der Waals surface area contributed by atoms with Gasteiger partial charge in [-0.3, -0.25) is 4.79 Å². The normalized spacial score (nSPS) is 19.4. The predicted molar refractivity (Wildman–Crippen MR) is 79.2 cm³/mol. The van der Waals surface area contributed by atoms with Gasteiger partial charge in [0.25, 0.3) is 5.91 Å². The highest BCUT2D eigenvalue weighted by atomic mass is 16.5. The second-order valence-electron chi connectivity index (χ2n) is 5.79. The third kappa shape index (κ3) is 2.40. The largest absolute Gasteiger partial charge is 0.385 e. The smallest absolute Gasteiger partial charge is 0.251 e. The number of rotatable bonds is 4. The lowest BCUT2D eigenvalue weighted by Gasteiger charge is -2.40. The molecule has 1 aromatic rings. The van der Waals surface area contributed by atoms with Crippen molar-refractivity contribution < 1.29 is 9.53 Å². The first kappa shape index (κ1) is 13.4. The highest BCUT2D eigenvalue weighted by Gasteiger charge is 2.37. The monoisotopic (exact) mass is 274 g/mol. The Morgan fingerprint density at radius 3 is 2.95 bits per heavy atom. The average Bonchev–Trinajstić information content (AvgIpc) is 2.46. The highest BCUT2D eigenvalue weighted by molar-refractivity contribution is 5.97. The Morgan fingerprint density at radius 1 is 1.40 bits per heavy atom. The summed E-state index contributed by atoms with van der Waals surface area (Å²) < 4.78 is 5.55. The Bertz CT molecular complexity index is 504. The molecule has 0 bridgehead atoms. The fourth-order valence-electron chi connectivity index (χ4n) is 3.08. The molecule has 4 nitrogen and oxygen atoms in total. The maximum absolute atomic E-state index is 12.4. The van der Waals surface area contributed by atoms with Crippen LogP contribution in [0.25, 0.3) is 0 Å². The van der Waals surface area contributed by atoms with Crippen LogP contribution in [0, 0.1) is 0 Å². The summed E-state index contributed by atoms with van der Waals surface area (Å²) in [6, 6.07) is 5.91. The van der Waals surface area contributed by atoms with Crippen LogP contribution in [-0.4, -0.2) is 31.7 Å². The Balaban J connectivity index is 1.71. The summed E-state index contributed by atoms with van der Waals surface area (Å²) in [5.74, 6) is 0.0221. The van der Waals surface area contributed by atoms with Gasteiger partial charge < -0.3 is 15.4 Å². The second-order valence-corrected chi connectivity index (χ2v) is 5.79. The van der Waals surface area contributed by atoms with Crippen LogP contribution in [0.5, 0.6) is 0 Å². The number of anilines is 1. The molecule has 1 aromatic carbocycles. The maximum Gasteiger partial charge on any atom is 0.251 e. The molecule has 108 valence electrons. The van der Waals surface area contributed by atoms with Gasteiger partial charge in [0, 0.05) is 31.5 Å². The van der Waals surface area contributed by atoms with Gasteiger partial charge in [0.2, 0.25) is 0 Å². The summed E-state index contributed by atoms with van der Waals surface area (Å²) in [6.45, 7) is 1.60. The number of methoxy groups -OCH3 is 1. The molecule has 0 aromatic heterocycles. The van der Waals surface area contributed by atoms with Crippen LogP contribution in [0.3, 0.4) is 0 Å². The van der Waals surface area contributed by atoms with Gasteiger partial charge in [-0.05, 0) is 49.8 Å². The molecule has 1 saturated carbocycles. The fraction of sp³-hybridized carbons (Fsp3) is 0.562. The lowest BCUT2D eigenvalue weighted by molar-refractivity contribution is -0.0679. The molecule has 3 rings (SSSR count). The number of benzene rings is 1. The molecule has 1 heterocycles. The van der Waals surface area contributed by atoms with Crippen LogP contribution in [0.1, 0.15) is 41.6 Å². The molecule has 4 heteroatoms. The van der Waals surface area contributed by atoms with Crippen LogP contribution in [0.2, 0.25) is 0 Å². The number of carbonyl (C=O) groups is 1.